The van der Waals surface area contributed by atoms with Crippen molar-refractivity contribution < 1.29 is 14.3 Å². The van der Waals surface area contributed by atoms with Crippen molar-refractivity contribution in [2.45, 2.75) is 63.9 Å². The molecule has 0 spiro atoms. The Kier molecular flexibility index (Phi) is 5.31. The number of hydrogen-bond acceptors (Lipinski definition) is 3. The molecule has 0 unspecified atom stereocenters. The number of carbonyl (C=O) groups is 1. The minimum Gasteiger partial charge on any atom is -0.461 e. The van der Waals surface area contributed by atoms with Crippen LogP contribution in [0.5, 0.6) is 0 Å². The number of hydrogen-bond donors (Lipinski definition) is 1. The Morgan fingerprint density at radius 1 is 1.31 bits per heavy atom. The molecule has 5 heteroatoms. The Morgan fingerprint density at radius 3 is 2.77 bits per heavy atom. The quantitative estimate of drug-likeness (QED) is 0.569. The number of rotatable bonds is 5. The van der Waals surface area contributed by atoms with E-state index in [1.54, 1.807) is 0 Å². The van der Waals surface area contributed by atoms with Gasteiger partial charge in [-0.15, -0.1) is 0 Å². The molecule has 1 saturated heterocycles. The van der Waals surface area contributed by atoms with Crippen LogP contribution in [0.15, 0.2) is 24.3 Å². The summed E-state index contributed by atoms with van der Waals surface area (Å²) < 4.78 is 11.3. The molecule has 1 atom stereocenters. The van der Waals surface area contributed by atoms with Gasteiger partial charge < -0.3 is 14.5 Å². The summed E-state index contributed by atoms with van der Waals surface area (Å²) in [7, 11) is -1.19. The van der Waals surface area contributed by atoms with Crippen molar-refractivity contribution in [1.29, 1.82) is 0 Å². The molecule has 0 aliphatic carbocycles. The average Bonchev–Trinajstić information content (AvgIpc) is 2.95. The van der Waals surface area contributed by atoms with Gasteiger partial charge in [-0.2, -0.15) is 0 Å². The largest absolute Gasteiger partial charge is 0.461 e. The highest BCUT2D eigenvalue weighted by molar-refractivity contribution is 6.76. The summed E-state index contributed by atoms with van der Waals surface area (Å²) in [5, 5.41) is 1.07. The lowest BCUT2D eigenvalue weighted by molar-refractivity contribution is -0.0592. The number of benzene rings is 1. The molecule has 1 aliphatic heterocycles. The van der Waals surface area contributed by atoms with Gasteiger partial charge in [0, 0.05) is 25.6 Å². The SMILES string of the molecule is CC1(C)C[C@@H](c2ccc3[nH]c(C(=O)OCC[Si](C)(C)C)cc3c2)CCO1. The Morgan fingerprint density at radius 2 is 2.08 bits per heavy atom. The van der Waals surface area contributed by atoms with Gasteiger partial charge >= 0.3 is 5.97 Å². The van der Waals surface area contributed by atoms with Crippen LogP contribution in [0.2, 0.25) is 25.7 Å². The molecule has 1 N–H and O–H groups in total. The van der Waals surface area contributed by atoms with Crippen LogP contribution in [0.25, 0.3) is 10.9 Å². The third-order valence-electron chi connectivity index (χ3n) is 5.12. The first kappa shape index (κ1) is 19.2. The van der Waals surface area contributed by atoms with Gasteiger partial charge in [-0.3, -0.25) is 0 Å². The van der Waals surface area contributed by atoms with Crippen molar-refractivity contribution in [3.05, 3.63) is 35.5 Å². The van der Waals surface area contributed by atoms with E-state index in [4.69, 9.17) is 9.47 Å². The Balaban J connectivity index is 1.72. The summed E-state index contributed by atoms with van der Waals surface area (Å²) in [4.78, 5) is 15.5. The predicted octanol–water partition coefficient (Wildman–Crippen LogP) is 5.34. The highest BCUT2D eigenvalue weighted by atomic mass is 28.3. The van der Waals surface area contributed by atoms with E-state index in [-0.39, 0.29) is 11.6 Å². The van der Waals surface area contributed by atoms with Gasteiger partial charge in [-0.1, -0.05) is 25.7 Å². The first-order chi connectivity index (χ1) is 12.1. The molecule has 2 aromatic rings. The molecule has 2 heterocycles. The van der Waals surface area contributed by atoms with Gasteiger partial charge in [0.2, 0.25) is 0 Å². The van der Waals surface area contributed by atoms with Crippen LogP contribution in [0.4, 0.5) is 0 Å². The number of H-pyrrole nitrogens is 1. The molecule has 1 aromatic heterocycles. The minimum atomic E-state index is -1.19. The van der Waals surface area contributed by atoms with Crippen LogP contribution in [-0.4, -0.2) is 37.8 Å². The zero-order valence-corrected chi connectivity index (χ0v) is 17.6. The van der Waals surface area contributed by atoms with Crippen LogP contribution in [0.1, 0.15) is 48.7 Å². The van der Waals surface area contributed by atoms with Crippen molar-refractivity contribution in [1.82, 2.24) is 4.98 Å². The first-order valence-electron chi connectivity index (χ1n) is 9.57. The standard InChI is InChI=1S/C21H31NO3Si/c1-21(2)14-16(8-9-25-21)15-6-7-18-17(12-15)13-19(22-18)20(23)24-10-11-26(3,4)5/h6-7,12-13,16,22H,8-11,14H2,1-5H3/t16-/m0/s1. The summed E-state index contributed by atoms with van der Waals surface area (Å²) in [6, 6.07) is 9.36. The summed E-state index contributed by atoms with van der Waals surface area (Å²) in [5.41, 5.74) is 2.78. The van der Waals surface area contributed by atoms with Crippen LogP contribution in [-0.2, 0) is 9.47 Å². The Bertz CT molecular complexity index is 788. The van der Waals surface area contributed by atoms with Gasteiger partial charge in [-0.05, 0) is 62.4 Å². The van der Waals surface area contributed by atoms with Gasteiger partial charge in [0.05, 0.1) is 12.2 Å². The van der Waals surface area contributed by atoms with E-state index in [2.05, 4.69) is 56.7 Å². The maximum Gasteiger partial charge on any atom is 0.354 e. The van der Waals surface area contributed by atoms with Crippen molar-refractivity contribution >= 4 is 24.9 Å². The molecule has 1 aromatic carbocycles. The van der Waals surface area contributed by atoms with Crippen molar-refractivity contribution in [3.8, 4) is 0 Å². The summed E-state index contributed by atoms with van der Waals surface area (Å²) in [6.45, 7) is 12.5. The number of aromatic nitrogens is 1. The molecule has 142 valence electrons. The fourth-order valence-corrected chi connectivity index (χ4v) is 4.27. The summed E-state index contributed by atoms with van der Waals surface area (Å²) in [5.74, 6) is 0.249. The lowest BCUT2D eigenvalue weighted by Crippen LogP contribution is -2.32. The summed E-state index contributed by atoms with van der Waals surface area (Å²) in [6.07, 6.45) is 2.07. The third-order valence-corrected chi connectivity index (χ3v) is 6.82. The first-order valence-corrected chi connectivity index (χ1v) is 13.3. The molecule has 26 heavy (non-hydrogen) atoms. The van der Waals surface area contributed by atoms with E-state index in [0.29, 0.717) is 18.2 Å². The number of carbonyl (C=O) groups excluding carboxylic acids is 1. The highest BCUT2D eigenvalue weighted by Crippen LogP contribution is 2.36. The molecule has 3 rings (SSSR count). The van der Waals surface area contributed by atoms with E-state index in [9.17, 15) is 4.79 Å². The van der Waals surface area contributed by atoms with Crippen molar-refractivity contribution in [2.75, 3.05) is 13.2 Å². The average molecular weight is 374 g/mol. The lowest BCUT2D eigenvalue weighted by atomic mass is 9.83. The number of esters is 1. The maximum absolute atomic E-state index is 12.3. The molecule has 0 radical (unpaired) electrons. The topological polar surface area (TPSA) is 51.3 Å². The second kappa shape index (κ2) is 7.20. The fourth-order valence-electron chi connectivity index (χ4n) is 3.56. The molecule has 1 aliphatic rings. The number of nitrogens with one attached hydrogen (secondary N) is 1. The molecule has 0 saturated carbocycles. The minimum absolute atomic E-state index is 0.0681. The molecule has 4 nitrogen and oxygen atoms in total. The second-order valence-corrected chi connectivity index (χ2v) is 14.9. The smallest absolute Gasteiger partial charge is 0.354 e. The fraction of sp³-hybridized carbons (Fsp3) is 0.571. The zero-order valence-electron chi connectivity index (χ0n) is 16.6. The van der Waals surface area contributed by atoms with Gasteiger partial charge in [0.1, 0.15) is 5.69 Å². The monoisotopic (exact) mass is 373 g/mol. The summed E-state index contributed by atoms with van der Waals surface area (Å²) >= 11 is 0. The van der Waals surface area contributed by atoms with Crippen LogP contribution in [0, 0.1) is 0 Å². The van der Waals surface area contributed by atoms with E-state index in [1.807, 2.05) is 6.07 Å². The lowest BCUT2D eigenvalue weighted by Gasteiger charge is -2.35. The molecular formula is C21H31NO3Si. The second-order valence-electron chi connectivity index (χ2n) is 9.27. The normalized spacial score (nSPS) is 20.3. The van der Waals surface area contributed by atoms with E-state index in [1.165, 1.54) is 5.56 Å². The maximum atomic E-state index is 12.3. The molecular weight excluding hydrogens is 342 g/mol. The Labute approximate surface area is 157 Å². The molecule has 0 amide bonds. The highest BCUT2D eigenvalue weighted by Gasteiger charge is 2.29. The van der Waals surface area contributed by atoms with Crippen LogP contribution >= 0.6 is 0 Å². The third kappa shape index (κ3) is 4.77. The van der Waals surface area contributed by atoms with E-state index < -0.39 is 8.07 Å². The number of aromatic amines is 1. The van der Waals surface area contributed by atoms with Crippen LogP contribution in [0.3, 0.4) is 0 Å². The van der Waals surface area contributed by atoms with Gasteiger partial charge in [-0.25, -0.2) is 4.79 Å². The van der Waals surface area contributed by atoms with E-state index >= 15 is 0 Å². The Hall–Kier alpha value is -1.59. The van der Waals surface area contributed by atoms with Crippen LogP contribution < -0.4 is 0 Å². The van der Waals surface area contributed by atoms with Gasteiger partial charge in [0.15, 0.2) is 0 Å². The van der Waals surface area contributed by atoms with Gasteiger partial charge in [0.25, 0.3) is 0 Å². The molecule has 1 fully saturated rings. The molecule has 0 bridgehead atoms. The van der Waals surface area contributed by atoms with E-state index in [0.717, 1.165) is 36.4 Å². The number of ether oxygens (including phenoxy) is 2. The van der Waals surface area contributed by atoms with Crippen molar-refractivity contribution in [2.24, 2.45) is 0 Å². The predicted molar refractivity (Wildman–Crippen MR) is 109 cm³/mol. The zero-order chi connectivity index (χ0) is 18.9. The van der Waals surface area contributed by atoms with Crippen molar-refractivity contribution in [3.63, 3.8) is 0 Å². The number of fused-ring (bicyclic) bond motifs is 1.